The van der Waals surface area contributed by atoms with E-state index in [4.69, 9.17) is 4.74 Å². The molecule has 0 heterocycles. The number of unbranched alkanes of at least 4 members (excludes halogenated alkanes) is 1. The summed E-state index contributed by atoms with van der Waals surface area (Å²) in [5, 5.41) is 2.90. The van der Waals surface area contributed by atoms with Crippen molar-refractivity contribution < 1.29 is 9.53 Å². The van der Waals surface area contributed by atoms with E-state index in [0.717, 1.165) is 31.2 Å². The normalized spacial score (nSPS) is 11.8. The summed E-state index contributed by atoms with van der Waals surface area (Å²) in [6.07, 6.45) is 10.7. The van der Waals surface area contributed by atoms with E-state index < -0.39 is 0 Å². The fourth-order valence-electron chi connectivity index (χ4n) is 2.16. The number of carbonyl (C=O) groups excluding carboxylic acids is 1. The van der Waals surface area contributed by atoms with E-state index in [9.17, 15) is 4.79 Å². The average molecular weight is 315 g/mol. The van der Waals surface area contributed by atoms with Crippen molar-refractivity contribution >= 4 is 5.91 Å². The molecule has 0 saturated heterocycles. The minimum absolute atomic E-state index is 0.0435. The van der Waals surface area contributed by atoms with E-state index in [0.29, 0.717) is 13.2 Å². The second kappa shape index (κ2) is 12.7. The van der Waals surface area contributed by atoms with Gasteiger partial charge >= 0.3 is 0 Å². The highest BCUT2D eigenvalue weighted by Gasteiger charge is 2.01. The Morgan fingerprint density at radius 3 is 2.70 bits per heavy atom. The van der Waals surface area contributed by atoms with Crippen molar-refractivity contribution in [2.24, 2.45) is 0 Å². The van der Waals surface area contributed by atoms with Crippen LogP contribution in [-0.2, 0) is 16.1 Å². The van der Waals surface area contributed by atoms with Gasteiger partial charge in [-0.25, -0.2) is 0 Å². The quantitative estimate of drug-likeness (QED) is 0.485. The maximum absolute atomic E-state index is 11.7. The van der Waals surface area contributed by atoms with Gasteiger partial charge in [-0.3, -0.25) is 4.79 Å². The molecule has 0 saturated carbocycles. The van der Waals surface area contributed by atoms with Crippen LogP contribution in [0.4, 0.5) is 0 Å². The zero-order chi connectivity index (χ0) is 16.8. The van der Waals surface area contributed by atoms with Crippen LogP contribution in [-0.4, -0.2) is 19.1 Å². The molecule has 3 heteroatoms. The second-order valence-corrected chi connectivity index (χ2v) is 5.46. The molecule has 0 radical (unpaired) electrons. The number of amides is 1. The van der Waals surface area contributed by atoms with E-state index in [1.165, 1.54) is 5.57 Å². The van der Waals surface area contributed by atoms with Crippen molar-refractivity contribution in [1.82, 2.24) is 5.32 Å². The first-order valence-electron chi connectivity index (χ1n) is 8.46. The molecule has 1 amide bonds. The summed E-state index contributed by atoms with van der Waals surface area (Å²) in [4.78, 5) is 11.7. The number of hydrogen-bond acceptors (Lipinski definition) is 2. The molecular weight excluding hydrogens is 286 g/mol. The van der Waals surface area contributed by atoms with Crippen LogP contribution in [0.2, 0.25) is 0 Å². The van der Waals surface area contributed by atoms with Crippen LogP contribution in [0.3, 0.4) is 0 Å². The van der Waals surface area contributed by atoms with Gasteiger partial charge < -0.3 is 10.1 Å². The molecule has 126 valence electrons. The van der Waals surface area contributed by atoms with Crippen molar-refractivity contribution in [3.63, 3.8) is 0 Å². The van der Waals surface area contributed by atoms with Crippen molar-refractivity contribution in [3.05, 3.63) is 59.7 Å². The molecule has 0 aliphatic carbocycles. The lowest BCUT2D eigenvalue weighted by Gasteiger charge is -2.07. The summed E-state index contributed by atoms with van der Waals surface area (Å²) < 4.78 is 5.41. The number of rotatable bonds is 11. The van der Waals surface area contributed by atoms with Crippen molar-refractivity contribution in [3.8, 4) is 0 Å². The molecular formula is C20H29NO2. The lowest BCUT2D eigenvalue weighted by Crippen LogP contribution is -2.28. The highest BCUT2D eigenvalue weighted by molar-refractivity contribution is 5.77. The molecule has 0 aliphatic heterocycles. The van der Waals surface area contributed by atoms with Crippen LogP contribution in [0, 0.1) is 0 Å². The van der Waals surface area contributed by atoms with Gasteiger partial charge in [-0.2, -0.15) is 0 Å². The third-order valence-electron chi connectivity index (χ3n) is 3.50. The highest BCUT2D eigenvalue weighted by atomic mass is 16.5. The number of nitrogens with one attached hydrogen (secondary N) is 1. The largest absolute Gasteiger partial charge is 0.367 e. The summed E-state index contributed by atoms with van der Waals surface area (Å²) in [5.41, 5.74) is 2.45. The van der Waals surface area contributed by atoms with Crippen LogP contribution in [0.5, 0.6) is 0 Å². The van der Waals surface area contributed by atoms with Gasteiger partial charge in [0.25, 0.3) is 0 Å². The molecule has 1 N–H and O–H groups in total. The summed E-state index contributed by atoms with van der Waals surface area (Å²) in [5.74, 6) is -0.0435. The third kappa shape index (κ3) is 9.69. The Morgan fingerprint density at radius 1 is 1.22 bits per heavy atom. The Bertz CT molecular complexity index is 492. The molecule has 0 aliphatic rings. The Morgan fingerprint density at radius 2 is 2.00 bits per heavy atom. The number of allylic oxidation sites excluding steroid dienone is 4. The van der Waals surface area contributed by atoms with Crippen LogP contribution < -0.4 is 5.32 Å². The van der Waals surface area contributed by atoms with E-state index in [1.807, 2.05) is 30.3 Å². The number of hydrogen-bond donors (Lipinski definition) is 1. The number of carbonyl (C=O) groups is 1. The van der Waals surface area contributed by atoms with E-state index >= 15 is 0 Å². The first-order chi connectivity index (χ1) is 11.3. The minimum Gasteiger partial charge on any atom is -0.367 e. The molecule has 23 heavy (non-hydrogen) atoms. The van der Waals surface area contributed by atoms with Crippen molar-refractivity contribution in [1.29, 1.82) is 0 Å². The highest BCUT2D eigenvalue weighted by Crippen LogP contribution is 2.09. The van der Waals surface area contributed by atoms with E-state index in [-0.39, 0.29) is 12.5 Å². The monoisotopic (exact) mass is 315 g/mol. The average Bonchev–Trinajstić information content (AvgIpc) is 2.58. The first kappa shape index (κ1) is 19.2. The molecule has 0 aromatic heterocycles. The van der Waals surface area contributed by atoms with Gasteiger partial charge in [-0.1, -0.05) is 61.1 Å². The molecule has 1 aromatic carbocycles. The van der Waals surface area contributed by atoms with Crippen molar-refractivity contribution in [2.75, 3.05) is 13.2 Å². The van der Waals surface area contributed by atoms with Crippen molar-refractivity contribution in [2.45, 2.75) is 46.1 Å². The molecule has 0 bridgehead atoms. The molecule has 1 aromatic rings. The Kier molecular flexibility index (Phi) is 10.5. The smallest absolute Gasteiger partial charge is 0.246 e. The third-order valence-corrected chi connectivity index (χ3v) is 3.50. The Labute approximate surface area is 140 Å². The maximum atomic E-state index is 11.7. The van der Waals surface area contributed by atoms with Crippen LogP contribution in [0.15, 0.2) is 54.1 Å². The van der Waals surface area contributed by atoms with E-state index in [2.05, 4.69) is 37.4 Å². The van der Waals surface area contributed by atoms with Gasteiger partial charge in [0.1, 0.15) is 6.61 Å². The lowest BCUT2D eigenvalue weighted by atomic mass is 10.1. The number of benzene rings is 1. The fraction of sp³-hybridized carbons (Fsp3) is 0.450. The zero-order valence-corrected chi connectivity index (χ0v) is 14.4. The predicted molar refractivity (Wildman–Crippen MR) is 96.1 cm³/mol. The summed E-state index contributed by atoms with van der Waals surface area (Å²) >= 11 is 0. The Balaban J connectivity index is 2.04. The molecule has 3 nitrogen and oxygen atoms in total. The van der Waals surface area contributed by atoms with Gasteiger partial charge in [0.2, 0.25) is 5.91 Å². The van der Waals surface area contributed by atoms with Gasteiger partial charge in [0.05, 0.1) is 6.61 Å². The van der Waals surface area contributed by atoms with Crippen LogP contribution in [0.25, 0.3) is 0 Å². The molecule has 0 spiro atoms. The van der Waals surface area contributed by atoms with Crippen LogP contribution >= 0.6 is 0 Å². The Hall–Kier alpha value is -1.87. The molecule has 0 atom stereocenters. The second-order valence-electron chi connectivity index (χ2n) is 5.46. The van der Waals surface area contributed by atoms with Gasteiger partial charge in [0.15, 0.2) is 0 Å². The first-order valence-corrected chi connectivity index (χ1v) is 8.46. The minimum atomic E-state index is -0.0435. The molecule has 0 unspecified atom stereocenters. The van der Waals surface area contributed by atoms with Gasteiger partial charge in [-0.05, 0) is 38.2 Å². The summed E-state index contributed by atoms with van der Waals surface area (Å²) in [7, 11) is 0. The fourth-order valence-corrected chi connectivity index (χ4v) is 2.16. The summed E-state index contributed by atoms with van der Waals surface area (Å²) in [6, 6.07) is 9.88. The lowest BCUT2D eigenvalue weighted by molar-refractivity contribution is -0.126. The number of ether oxygens (including phenoxy) is 1. The SMILES string of the molecule is C/C=C(\C=C/CC)CCCCNC(=O)COCc1ccccc1. The molecule has 1 rings (SSSR count). The van der Waals surface area contributed by atoms with Crippen LogP contribution in [0.1, 0.15) is 45.1 Å². The van der Waals surface area contributed by atoms with E-state index in [1.54, 1.807) is 0 Å². The standard InChI is InChI=1S/C20H29NO2/c1-3-5-11-18(4-2)12-9-10-15-21-20(22)17-23-16-19-13-7-6-8-14-19/h4-8,11,13-14H,3,9-10,12,15-17H2,1-2H3,(H,21,22)/b11-5-,18-4+. The topological polar surface area (TPSA) is 38.3 Å². The maximum Gasteiger partial charge on any atom is 0.246 e. The van der Waals surface area contributed by atoms with Gasteiger partial charge in [0, 0.05) is 6.54 Å². The summed E-state index contributed by atoms with van der Waals surface area (Å²) in [6.45, 7) is 5.51. The molecule has 0 fully saturated rings. The predicted octanol–water partition coefficient (Wildman–Crippen LogP) is 4.40. The van der Waals surface area contributed by atoms with Gasteiger partial charge in [-0.15, -0.1) is 0 Å². The zero-order valence-electron chi connectivity index (χ0n) is 14.4.